The standard InChI is InChI=1S/C20H22N2O6S3/c1-5-30(25,26)21-13(3)19(14(4)23)16-12-15(9-10-17(16)21)22(31(27,28)6-2)20(24)18-8-7-11-29-18/h7-12H,5-6H2,1-4H3. The number of nitrogens with zero attached hydrogens (tertiary/aromatic N) is 2. The third-order valence-electron chi connectivity index (χ3n) is 4.92. The lowest BCUT2D eigenvalue weighted by Gasteiger charge is -2.21. The summed E-state index contributed by atoms with van der Waals surface area (Å²) in [4.78, 5) is 25.6. The van der Waals surface area contributed by atoms with E-state index in [1.165, 1.54) is 52.0 Å². The lowest BCUT2D eigenvalue weighted by Crippen LogP contribution is -2.37. The topological polar surface area (TPSA) is 111 Å². The number of thiophene rings is 1. The van der Waals surface area contributed by atoms with Gasteiger partial charge in [-0.15, -0.1) is 11.3 Å². The summed E-state index contributed by atoms with van der Waals surface area (Å²) in [5.74, 6) is -1.56. The highest BCUT2D eigenvalue weighted by atomic mass is 32.2. The number of fused-ring (bicyclic) bond motifs is 1. The molecule has 8 nitrogen and oxygen atoms in total. The van der Waals surface area contributed by atoms with Crippen LogP contribution in [0.4, 0.5) is 5.69 Å². The Balaban J connectivity index is 2.35. The van der Waals surface area contributed by atoms with Gasteiger partial charge >= 0.3 is 0 Å². The van der Waals surface area contributed by atoms with Crippen LogP contribution in [0.25, 0.3) is 10.9 Å². The van der Waals surface area contributed by atoms with Crippen LogP contribution < -0.4 is 4.31 Å². The third kappa shape index (κ3) is 3.92. The summed E-state index contributed by atoms with van der Waals surface area (Å²) in [5, 5.41) is 1.94. The first-order valence-corrected chi connectivity index (χ1v) is 13.6. The van der Waals surface area contributed by atoms with Crippen LogP contribution in [0.3, 0.4) is 0 Å². The van der Waals surface area contributed by atoms with Crippen molar-refractivity contribution in [2.24, 2.45) is 0 Å². The molecule has 0 aliphatic rings. The van der Waals surface area contributed by atoms with Gasteiger partial charge in [-0.3, -0.25) is 9.59 Å². The van der Waals surface area contributed by atoms with E-state index in [9.17, 15) is 26.4 Å². The molecule has 0 unspecified atom stereocenters. The maximum atomic E-state index is 13.0. The third-order valence-corrected chi connectivity index (χ3v) is 9.20. The fraction of sp³-hybridized carbons (Fsp3) is 0.300. The minimum absolute atomic E-state index is 0.0429. The van der Waals surface area contributed by atoms with Crippen LogP contribution in [0.1, 0.15) is 46.5 Å². The molecule has 0 saturated carbocycles. The highest BCUT2D eigenvalue weighted by molar-refractivity contribution is 7.93. The van der Waals surface area contributed by atoms with E-state index in [1.54, 1.807) is 11.4 Å². The first-order chi connectivity index (χ1) is 14.5. The molecule has 11 heteroatoms. The van der Waals surface area contributed by atoms with Gasteiger partial charge in [0.1, 0.15) is 0 Å². The van der Waals surface area contributed by atoms with Crippen LogP contribution in [0.2, 0.25) is 0 Å². The number of Topliss-reactive ketones (excluding diaryl/α,β-unsaturated/α-hetero) is 1. The average Bonchev–Trinajstić information content (AvgIpc) is 3.33. The molecule has 1 amide bonds. The molecule has 3 aromatic rings. The van der Waals surface area contributed by atoms with Gasteiger partial charge in [0.05, 0.1) is 27.6 Å². The second kappa shape index (κ2) is 8.21. The molecule has 2 heterocycles. The first-order valence-electron chi connectivity index (χ1n) is 9.46. The second-order valence-corrected chi connectivity index (χ2v) is 12.0. The van der Waals surface area contributed by atoms with Gasteiger partial charge in [0.25, 0.3) is 5.91 Å². The fourth-order valence-corrected chi connectivity index (χ4v) is 6.45. The molecule has 1 aromatic carbocycles. The van der Waals surface area contributed by atoms with E-state index in [-0.39, 0.29) is 50.0 Å². The monoisotopic (exact) mass is 482 g/mol. The van der Waals surface area contributed by atoms with Crippen molar-refractivity contribution in [1.82, 2.24) is 3.97 Å². The van der Waals surface area contributed by atoms with E-state index < -0.39 is 26.0 Å². The van der Waals surface area contributed by atoms with Crippen molar-refractivity contribution in [3.05, 3.63) is 51.8 Å². The summed E-state index contributed by atoms with van der Waals surface area (Å²) in [7, 11) is -7.72. The van der Waals surface area contributed by atoms with E-state index >= 15 is 0 Å². The molecule has 31 heavy (non-hydrogen) atoms. The number of carbonyl (C=O) groups is 2. The molecule has 166 valence electrons. The summed E-state index contributed by atoms with van der Waals surface area (Å²) in [6.07, 6.45) is 0. The molecule has 0 spiro atoms. The van der Waals surface area contributed by atoms with E-state index in [4.69, 9.17) is 0 Å². The van der Waals surface area contributed by atoms with Crippen LogP contribution in [-0.2, 0) is 20.0 Å². The summed E-state index contributed by atoms with van der Waals surface area (Å²) in [5.41, 5.74) is 0.717. The van der Waals surface area contributed by atoms with Crippen LogP contribution >= 0.6 is 11.3 Å². The van der Waals surface area contributed by atoms with Crippen molar-refractivity contribution < 1.29 is 26.4 Å². The van der Waals surface area contributed by atoms with Gasteiger partial charge in [-0.2, -0.15) is 0 Å². The number of amides is 1. The van der Waals surface area contributed by atoms with Crippen molar-refractivity contribution in [3.63, 3.8) is 0 Å². The minimum atomic E-state index is -4.00. The maximum Gasteiger partial charge on any atom is 0.282 e. The molecule has 0 fully saturated rings. The lowest BCUT2D eigenvalue weighted by molar-refractivity contribution is 0.100. The van der Waals surface area contributed by atoms with Crippen molar-refractivity contribution in [3.8, 4) is 0 Å². The van der Waals surface area contributed by atoms with Crippen LogP contribution in [0, 0.1) is 6.92 Å². The van der Waals surface area contributed by atoms with E-state index in [0.717, 1.165) is 15.3 Å². The van der Waals surface area contributed by atoms with Gasteiger partial charge in [0.15, 0.2) is 5.78 Å². The average molecular weight is 483 g/mol. The van der Waals surface area contributed by atoms with Gasteiger partial charge in [0.2, 0.25) is 20.0 Å². The largest absolute Gasteiger partial charge is 0.294 e. The summed E-state index contributed by atoms with van der Waals surface area (Å²) in [6.45, 7) is 5.77. The van der Waals surface area contributed by atoms with Crippen LogP contribution in [0.15, 0.2) is 35.7 Å². The summed E-state index contributed by atoms with van der Waals surface area (Å²) < 4.78 is 52.7. The second-order valence-electron chi connectivity index (χ2n) is 6.83. The van der Waals surface area contributed by atoms with Crippen molar-refractivity contribution in [1.29, 1.82) is 0 Å². The zero-order valence-corrected chi connectivity index (χ0v) is 19.9. The fourth-order valence-electron chi connectivity index (χ4n) is 3.47. The number of hydrogen-bond donors (Lipinski definition) is 0. The molecular formula is C20H22N2O6S3. The van der Waals surface area contributed by atoms with E-state index in [0.29, 0.717) is 4.31 Å². The van der Waals surface area contributed by atoms with Crippen molar-refractivity contribution in [2.45, 2.75) is 27.7 Å². The first kappa shape index (κ1) is 23.2. The normalized spacial score (nSPS) is 12.3. The number of carbonyl (C=O) groups excluding carboxylic acids is 2. The predicted molar refractivity (Wildman–Crippen MR) is 122 cm³/mol. The van der Waals surface area contributed by atoms with Gasteiger partial charge < -0.3 is 0 Å². The van der Waals surface area contributed by atoms with E-state index in [1.807, 2.05) is 0 Å². The molecule has 0 N–H and O–H groups in total. The van der Waals surface area contributed by atoms with Gasteiger partial charge in [-0.05, 0) is 57.3 Å². The number of rotatable bonds is 7. The zero-order valence-electron chi connectivity index (χ0n) is 17.4. The molecule has 0 saturated heterocycles. The quantitative estimate of drug-likeness (QED) is 0.477. The maximum absolute atomic E-state index is 13.0. The SMILES string of the molecule is CCS(=O)(=O)N(C(=O)c1cccs1)c1ccc2c(c1)c(C(C)=O)c(C)n2S(=O)(=O)CC. The number of benzene rings is 1. The Bertz CT molecular complexity index is 1380. The Hall–Kier alpha value is -2.50. The molecule has 0 atom stereocenters. The van der Waals surface area contributed by atoms with E-state index in [2.05, 4.69) is 0 Å². The van der Waals surface area contributed by atoms with Crippen LogP contribution in [-0.4, -0.2) is 44.0 Å². The smallest absolute Gasteiger partial charge is 0.282 e. The number of ketones is 1. The number of hydrogen-bond acceptors (Lipinski definition) is 7. The summed E-state index contributed by atoms with van der Waals surface area (Å²) >= 11 is 1.11. The number of anilines is 1. The molecule has 0 radical (unpaired) electrons. The zero-order chi connectivity index (χ0) is 23.1. The molecule has 3 rings (SSSR count). The highest BCUT2D eigenvalue weighted by Crippen LogP contribution is 2.33. The van der Waals surface area contributed by atoms with Crippen LogP contribution in [0.5, 0.6) is 0 Å². The van der Waals surface area contributed by atoms with Gasteiger partial charge in [-0.1, -0.05) is 6.07 Å². The Morgan fingerprint density at radius 1 is 1.06 bits per heavy atom. The molecule has 0 aliphatic carbocycles. The summed E-state index contributed by atoms with van der Waals surface area (Å²) in [6, 6.07) is 7.37. The molecule has 2 aromatic heterocycles. The van der Waals surface area contributed by atoms with Gasteiger partial charge in [-0.25, -0.2) is 25.1 Å². The van der Waals surface area contributed by atoms with Gasteiger partial charge in [0, 0.05) is 16.6 Å². The Kier molecular flexibility index (Phi) is 6.14. The molecule has 0 bridgehead atoms. The lowest BCUT2D eigenvalue weighted by atomic mass is 10.1. The van der Waals surface area contributed by atoms with Crippen molar-refractivity contribution in [2.75, 3.05) is 15.8 Å². The minimum Gasteiger partial charge on any atom is -0.294 e. The molecule has 0 aliphatic heterocycles. The number of sulfonamides is 1. The predicted octanol–water partition coefficient (Wildman–Crippen LogP) is 3.41. The Morgan fingerprint density at radius 3 is 2.26 bits per heavy atom. The van der Waals surface area contributed by atoms with Crippen molar-refractivity contribution >= 4 is 59.7 Å². The Morgan fingerprint density at radius 2 is 1.74 bits per heavy atom. The Labute approximate surface area is 185 Å². The number of aromatic nitrogens is 1. The highest BCUT2D eigenvalue weighted by Gasteiger charge is 2.31. The molecular weight excluding hydrogens is 460 g/mol.